The first-order valence-corrected chi connectivity index (χ1v) is 11.8. The van der Waals surface area contributed by atoms with Crippen LogP contribution in [0.15, 0.2) is 48.6 Å². The summed E-state index contributed by atoms with van der Waals surface area (Å²) >= 11 is 0. The van der Waals surface area contributed by atoms with E-state index < -0.39 is 17.9 Å². The zero-order valence-corrected chi connectivity index (χ0v) is 19.4. The highest BCUT2D eigenvalue weighted by Gasteiger charge is 2.38. The molecule has 3 rings (SSSR count). The maximum Gasteiger partial charge on any atom is 0.330 e. The van der Waals surface area contributed by atoms with E-state index in [4.69, 9.17) is 18.9 Å². The normalized spacial score (nSPS) is 34.7. The van der Waals surface area contributed by atoms with Crippen LogP contribution in [0.2, 0.25) is 0 Å². The molecule has 0 aromatic heterocycles. The topological polar surface area (TPSA) is 74.2 Å². The second-order valence-corrected chi connectivity index (χ2v) is 9.39. The van der Waals surface area contributed by atoms with E-state index in [-0.39, 0.29) is 30.8 Å². The summed E-state index contributed by atoms with van der Waals surface area (Å²) in [6, 6.07) is 0. The molecule has 0 spiro atoms. The number of cyclic esters (lactones) is 1. The number of allylic oxidation sites excluding steroid dienone is 1. The van der Waals surface area contributed by atoms with Crippen molar-refractivity contribution >= 4 is 5.97 Å². The summed E-state index contributed by atoms with van der Waals surface area (Å²) in [4.78, 5) is 12.5. The number of fused-ring (bicyclic) bond motifs is 2. The van der Waals surface area contributed by atoms with Crippen LogP contribution in [0.3, 0.4) is 0 Å². The number of aliphatic hydroxyl groups is 1. The van der Waals surface area contributed by atoms with Gasteiger partial charge in [0.2, 0.25) is 0 Å². The average molecular weight is 447 g/mol. The molecule has 3 aliphatic rings. The van der Waals surface area contributed by atoms with Gasteiger partial charge in [0.1, 0.15) is 12.2 Å². The molecule has 0 amide bonds. The number of aliphatic hydroxyl groups excluding tert-OH is 1. The van der Waals surface area contributed by atoms with Gasteiger partial charge in [-0.25, -0.2) is 4.79 Å². The Kier molecular flexibility index (Phi) is 9.29. The molecule has 3 heterocycles. The summed E-state index contributed by atoms with van der Waals surface area (Å²) < 4.78 is 23.5. The lowest BCUT2D eigenvalue weighted by Crippen LogP contribution is -2.34. The highest BCUT2D eigenvalue weighted by Crippen LogP contribution is 2.28. The minimum absolute atomic E-state index is 0.00642. The standard InChI is InChI=1S/C26H38O6/c1-19-8-4-10-21-11-6-12-22(30-21)13-7-15-25(28)31-23(14-5-9-20(16-19)17-27)24-18-29-26(2,3)32-24/h5-7,9,12,15,20-24,27H,1,4,8,10-11,13-14,16-18H2,2-3H3. The van der Waals surface area contributed by atoms with E-state index in [9.17, 15) is 9.90 Å². The van der Waals surface area contributed by atoms with Crippen molar-refractivity contribution in [2.45, 2.75) is 89.0 Å². The van der Waals surface area contributed by atoms with Gasteiger partial charge in [-0.15, -0.1) is 0 Å². The molecule has 0 radical (unpaired) electrons. The monoisotopic (exact) mass is 446 g/mol. The largest absolute Gasteiger partial charge is 0.456 e. The Morgan fingerprint density at radius 1 is 1.12 bits per heavy atom. The quantitative estimate of drug-likeness (QED) is 0.501. The van der Waals surface area contributed by atoms with Gasteiger partial charge < -0.3 is 24.1 Å². The van der Waals surface area contributed by atoms with E-state index in [2.05, 4.69) is 18.7 Å². The van der Waals surface area contributed by atoms with Crippen LogP contribution in [0.25, 0.3) is 0 Å². The smallest absolute Gasteiger partial charge is 0.330 e. The van der Waals surface area contributed by atoms with Crippen LogP contribution in [-0.2, 0) is 23.7 Å². The molecular weight excluding hydrogens is 408 g/mol. The summed E-state index contributed by atoms with van der Waals surface area (Å²) in [7, 11) is 0. The third-order valence-corrected chi connectivity index (χ3v) is 6.07. The van der Waals surface area contributed by atoms with Gasteiger partial charge in [0, 0.05) is 25.0 Å². The van der Waals surface area contributed by atoms with Gasteiger partial charge in [-0.3, -0.25) is 0 Å². The molecule has 2 bridgehead atoms. The SMILES string of the molecule is C=C1CCCC2CC=CC(CC=CC(=O)OC(C3COC(C)(C)O3)CC=CC(CO)C1)O2. The molecule has 0 aromatic rings. The van der Waals surface area contributed by atoms with Crippen LogP contribution in [0.1, 0.15) is 58.8 Å². The van der Waals surface area contributed by atoms with Crippen LogP contribution in [-0.4, -0.2) is 54.5 Å². The van der Waals surface area contributed by atoms with Gasteiger partial charge in [-0.05, 0) is 52.4 Å². The Bertz CT molecular complexity index is 722. The predicted octanol–water partition coefficient (Wildman–Crippen LogP) is 4.39. The number of carbonyl (C=O) groups is 1. The molecule has 1 N–H and O–H groups in total. The first kappa shape index (κ1) is 24.9. The van der Waals surface area contributed by atoms with Crippen molar-refractivity contribution in [3.63, 3.8) is 0 Å². The summed E-state index contributed by atoms with van der Waals surface area (Å²) in [6.45, 7) is 8.33. The molecule has 5 unspecified atom stereocenters. The van der Waals surface area contributed by atoms with Crippen molar-refractivity contribution in [3.8, 4) is 0 Å². The lowest BCUT2D eigenvalue weighted by Gasteiger charge is -2.26. The van der Waals surface area contributed by atoms with Crippen molar-refractivity contribution < 1.29 is 28.8 Å². The van der Waals surface area contributed by atoms with Gasteiger partial charge in [0.15, 0.2) is 5.79 Å². The Morgan fingerprint density at radius 2 is 1.94 bits per heavy atom. The molecule has 1 saturated heterocycles. The van der Waals surface area contributed by atoms with Crippen LogP contribution < -0.4 is 0 Å². The van der Waals surface area contributed by atoms with Gasteiger partial charge in [-0.1, -0.05) is 42.5 Å². The van der Waals surface area contributed by atoms with Crippen LogP contribution in [0.4, 0.5) is 0 Å². The molecule has 0 aliphatic carbocycles. The average Bonchev–Trinajstić information content (AvgIpc) is 3.11. The highest BCUT2D eigenvalue weighted by atomic mass is 16.8. The van der Waals surface area contributed by atoms with E-state index in [1.165, 1.54) is 6.08 Å². The summed E-state index contributed by atoms with van der Waals surface area (Å²) in [5.41, 5.74) is 1.14. The van der Waals surface area contributed by atoms with E-state index in [1.807, 2.05) is 32.1 Å². The van der Waals surface area contributed by atoms with Crippen LogP contribution in [0.5, 0.6) is 0 Å². The maximum absolute atomic E-state index is 12.5. The summed E-state index contributed by atoms with van der Waals surface area (Å²) in [5.74, 6) is -1.11. The first-order valence-electron chi connectivity index (χ1n) is 11.8. The Balaban J connectivity index is 1.71. The zero-order valence-electron chi connectivity index (χ0n) is 19.4. The van der Waals surface area contributed by atoms with E-state index in [0.29, 0.717) is 19.4 Å². The number of esters is 1. The fraction of sp³-hybridized carbons (Fsp3) is 0.654. The zero-order chi connectivity index (χ0) is 23.0. The molecule has 6 nitrogen and oxygen atoms in total. The Morgan fingerprint density at radius 3 is 2.69 bits per heavy atom. The second kappa shape index (κ2) is 11.9. The third-order valence-electron chi connectivity index (χ3n) is 6.07. The van der Waals surface area contributed by atoms with E-state index in [1.54, 1.807) is 0 Å². The molecule has 32 heavy (non-hydrogen) atoms. The molecule has 0 saturated carbocycles. The molecule has 178 valence electrons. The van der Waals surface area contributed by atoms with Crippen LogP contribution >= 0.6 is 0 Å². The van der Waals surface area contributed by atoms with E-state index >= 15 is 0 Å². The predicted molar refractivity (Wildman–Crippen MR) is 123 cm³/mol. The van der Waals surface area contributed by atoms with Crippen molar-refractivity contribution in [2.75, 3.05) is 13.2 Å². The minimum Gasteiger partial charge on any atom is -0.456 e. The third kappa shape index (κ3) is 8.00. The van der Waals surface area contributed by atoms with E-state index in [0.717, 1.165) is 37.7 Å². The van der Waals surface area contributed by atoms with Crippen molar-refractivity contribution in [2.24, 2.45) is 5.92 Å². The lowest BCUT2D eigenvalue weighted by molar-refractivity contribution is -0.166. The number of hydrogen-bond acceptors (Lipinski definition) is 6. The fourth-order valence-corrected chi connectivity index (χ4v) is 4.36. The number of carbonyl (C=O) groups excluding carboxylic acids is 1. The van der Waals surface area contributed by atoms with Crippen LogP contribution in [0, 0.1) is 5.92 Å². The molecule has 3 aliphatic heterocycles. The molecular formula is C26H38O6. The molecule has 0 aromatic carbocycles. The Labute approximate surface area is 191 Å². The fourth-order valence-electron chi connectivity index (χ4n) is 4.36. The van der Waals surface area contributed by atoms with Crippen molar-refractivity contribution in [1.82, 2.24) is 0 Å². The summed E-state index contributed by atoms with van der Waals surface area (Å²) in [5, 5.41) is 9.81. The lowest BCUT2D eigenvalue weighted by atomic mass is 9.95. The molecule has 6 heteroatoms. The molecule has 1 fully saturated rings. The molecule has 5 atom stereocenters. The number of hydrogen-bond donors (Lipinski definition) is 1. The number of ether oxygens (including phenoxy) is 4. The van der Waals surface area contributed by atoms with Gasteiger partial charge in [0.05, 0.1) is 18.8 Å². The highest BCUT2D eigenvalue weighted by molar-refractivity contribution is 5.82. The van der Waals surface area contributed by atoms with Crippen molar-refractivity contribution in [1.29, 1.82) is 0 Å². The van der Waals surface area contributed by atoms with Gasteiger partial charge >= 0.3 is 5.97 Å². The van der Waals surface area contributed by atoms with Crippen molar-refractivity contribution in [3.05, 3.63) is 48.6 Å². The van der Waals surface area contributed by atoms with Gasteiger partial charge in [0.25, 0.3) is 0 Å². The minimum atomic E-state index is -0.699. The van der Waals surface area contributed by atoms with Gasteiger partial charge in [-0.2, -0.15) is 0 Å². The second-order valence-electron chi connectivity index (χ2n) is 9.39. The maximum atomic E-state index is 12.5. The number of rotatable bonds is 2. The summed E-state index contributed by atoms with van der Waals surface area (Å²) in [6.07, 6.45) is 16.5. The first-order chi connectivity index (χ1) is 15.3. The Hall–Kier alpha value is -1.73.